The molecule has 2 N–H and O–H groups in total. The largest absolute Gasteiger partial charge is 0.397 e. The van der Waals surface area contributed by atoms with E-state index in [2.05, 4.69) is 20.9 Å². The van der Waals surface area contributed by atoms with E-state index in [9.17, 15) is 13.6 Å². The van der Waals surface area contributed by atoms with Crippen LogP contribution in [0.3, 0.4) is 0 Å². The number of carbonyl (C=O) groups is 1. The Labute approximate surface area is 91.4 Å². The molecule has 0 saturated heterocycles. The van der Waals surface area contributed by atoms with Gasteiger partial charge in [0.1, 0.15) is 10.3 Å². The summed E-state index contributed by atoms with van der Waals surface area (Å²) in [5, 5.41) is -1.01. The lowest BCUT2D eigenvalue weighted by atomic mass is 10.2. The monoisotopic (exact) mass is 284 g/mol. The number of rotatable bonds is 2. The van der Waals surface area contributed by atoms with Crippen molar-refractivity contribution in [3.8, 4) is 0 Å². The van der Waals surface area contributed by atoms with Crippen LogP contribution in [0.5, 0.6) is 0 Å². The highest BCUT2D eigenvalue weighted by Crippen LogP contribution is 2.27. The van der Waals surface area contributed by atoms with E-state index in [1.807, 2.05) is 0 Å². The first-order valence-electron chi connectivity index (χ1n) is 3.37. The molecule has 0 radical (unpaired) electrons. The molecule has 7 heteroatoms. The number of anilines is 1. The second kappa shape index (κ2) is 4.18. The molecular weight excluding hydrogens is 281 g/mol. The van der Waals surface area contributed by atoms with Gasteiger partial charge in [0.05, 0.1) is 11.3 Å². The Hall–Kier alpha value is -0.750. The highest BCUT2D eigenvalue weighted by molar-refractivity contribution is 9.10. The molecule has 0 fully saturated rings. The van der Waals surface area contributed by atoms with Crippen LogP contribution < -0.4 is 5.73 Å². The second-order valence-corrected chi connectivity index (χ2v) is 3.47. The number of hydrogen-bond acceptors (Lipinski definition) is 3. The smallest absolute Gasteiger partial charge is 0.281 e. The van der Waals surface area contributed by atoms with Gasteiger partial charge in [-0.2, -0.15) is 0 Å². The van der Waals surface area contributed by atoms with Gasteiger partial charge in [0.15, 0.2) is 0 Å². The average Bonchev–Trinajstić information content (AvgIpc) is 2.08. The van der Waals surface area contributed by atoms with Gasteiger partial charge in [-0.05, 0) is 33.6 Å². The highest BCUT2D eigenvalue weighted by atomic mass is 79.9. The van der Waals surface area contributed by atoms with E-state index in [1.54, 1.807) is 0 Å². The summed E-state index contributed by atoms with van der Waals surface area (Å²) in [4.78, 5) is 14.2. The first-order valence-corrected chi connectivity index (χ1v) is 4.54. The van der Waals surface area contributed by atoms with Crippen molar-refractivity contribution in [1.29, 1.82) is 0 Å². The molecular formula is C7H4BrClF2N2O. The lowest BCUT2D eigenvalue weighted by Gasteiger charge is -2.06. The van der Waals surface area contributed by atoms with E-state index >= 15 is 0 Å². The van der Waals surface area contributed by atoms with Gasteiger partial charge < -0.3 is 5.73 Å². The molecule has 0 bridgehead atoms. The number of halogens is 4. The Bertz CT molecular complexity index is 386. The summed E-state index contributed by atoms with van der Waals surface area (Å²) in [5.74, 6) is 0. The summed E-state index contributed by atoms with van der Waals surface area (Å²) < 4.78 is 24.8. The minimum atomic E-state index is -2.87. The predicted molar refractivity (Wildman–Crippen MR) is 51.5 cm³/mol. The number of alkyl halides is 2. The minimum Gasteiger partial charge on any atom is -0.397 e. The molecule has 1 heterocycles. The van der Waals surface area contributed by atoms with Crippen molar-refractivity contribution >= 4 is 38.5 Å². The van der Waals surface area contributed by atoms with Gasteiger partial charge in [-0.15, -0.1) is 0 Å². The molecule has 0 aliphatic rings. The summed E-state index contributed by atoms with van der Waals surface area (Å²) >= 11 is 7.97. The quantitative estimate of drug-likeness (QED) is 0.671. The number of carbonyl (C=O) groups excluding carboxylic acids is 1. The van der Waals surface area contributed by atoms with Gasteiger partial charge in [-0.25, -0.2) is 13.8 Å². The Balaban J connectivity index is 3.39. The Morgan fingerprint density at radius 3 is 2.64 bits per heavy atom. The van der Waals surface area contributed by atoms with Crippen molar-refractivity contribution in [2.45, 2.75) is 6.43 Å². The number of nitrogens with two attached hydrogens (primary N) is 1. The van der Waals surface area contributed by atoms with Crippen LogP contribution in [0.2, 0.25) is 0 Å². The maximum Gasteiger partial charge on any atom is 0.281 e. The topological polar surface area (TPSA) is 56.0 Å². The summed E-state index contributed by atoms with van der Waals surface area (Å²) in [6.07, 6.45) is -2.87. The van der Waals surface area contributed by atoms with E-state index in [-0.39, 0.29) is 15.9 Å². The first-order chi connectivity index (χ1) is 6.43. The number of nitrogens with zero attached hydrogens (tertiary/aromatic N) is 1. The van der Waals surface area contributed by atoms with Crippen LogP contribution in [0, 0.1) is 0 Å². The van der Waals surface area contributed by atoms with Crippen LogP contribution in [0.4, 0.5) is 14.5 Å². The van der Waals surface area contributed by atoms with Gasteiger partial charge in [-0.1, -0.05) is 0 Å². The van der Waals surface area contributed by atoms with Crippen molar-refractivity contribution in [3.63, 3.8) is 0 Å². The molecule has 1 rings (SSSR count). The number of pyridine rings is 1. The van der Waals surface area contributed by atoms with Crippen LogP contribution in [0.1, 0.15) is 22.5 Å². The molecule has 0 atom stereocenters. The Morgan fingerprint density at radius 1 is 1.64 bits per heavy atom. The third-order valence-electron chi connectivity index (χ3n) is 1.45. The average molecular weight is 285 g/mol. The fourth-order valence-electron chi connectivity index (χ4n) is 0.843. The number of nitrogen functional groups attached to an aromatic ring is 1. The zero-order valence-corrected chi connectivity index (χ0v) is 8.94. The molecule has 3 nitrogen and oxygen atoms in total. The molecule has 0 amide bonds. The van der Waals surface area contributed by atoms with Crippen LogP contribution in [-0.2, 0) is 0 Å². The minimum absolute atomic E-state index is 0.0643. The van der Waals surface area contributed by atoms with Crippen molar-refractivity contribution in [1.82, 2.24) is 4.98 Å². The number of aromatic nitrogens is 1. The highest BCUT2D eigenvalue weighted by Gasteiger charge is 2.20. The second-order valence-electron chi connectivity index (χ2n) is 2.38. The van der Waals surface area contributed by atoms with Crippen LogP contribution in [-0.4, -0.2) is 10.2 Å². The standard InChI is InChI=1S/C7H4BrClF2N2O/c8-5-3(12)1-2(6(9)14)4(13-5)7(10)11/h1,7H,12H2. The van der Waals surface area contributed by atoms with Gasteiger partial charge in [-0.3, -0.25) is 4.79 Å². The van der Waals surface area contributed by atoms with E-state index in [4.69, 9.17) is 17.3 Å². The van der Waals surface area contributed by atoms with Crippen molar-refractivity contribution in [2.75, 3.05) is 5.73 Å². The van der Waals surface area contributed by atoms with E-state index in [0.717, 1.165) is 6.07 Å². The van der Waals surface area contributed by atoms with Gasteiger partial charge in [0, 0.05) is 0 Å². The van der Waals surface area contributed by atoms with E-state index < -0.39 is 17.4 Å². The normalized spacial score (nSPS) is 10.6. The molecule has 0 aromatic carbocycles. The molecule has 1 aromatic heterocycles. The van der Waals surface area contributed by atoms with Crippen molar-refractivity contribution in [3.05, 3.63) is 21.9 Å². The lowest BCUT2D eigenvalue weighted by molar-refractivity contribution is 0.106. The summed E-state index contributed by atoms with van der Waals surface area (Å²) in [5.41, 5.74) is 4.40. The van der Waals surface area contributed by atoms with Crippen molar-refractivity contribution < 1.29 is 13.6 Å². The lowest BCUT2D eigenvalue weighted by Crippen LogP contribution is -2.04. The molecule has 0 saturated carbocycles. The third kappa shape index (κ3) is 2.19. The Kier molecular flexibility index (Phi) is 3.38. The predicted octanol–water partition coefficient (Wildman–Crippen LogP) is 2.74. The van der Waals surface area contributed by atoms with Gasteiger partial charge >= 0.3 is 0 Å². The zero-order valence-electron chi connectivity index (χ0n) is 6.60. The fourth-order valence-corrected chi connectivity index (χ4v) is 1.30. The van der Waals surface area contributed by atoms with Crippen LogP contribution in [0.15, 0.2) is 10.7 Å². The van der Waals surface area contributed by atoms with Crippen LogP contribution in [0.25, 0.3) is 0 Å². The summed E-state index contributed by atoms with van der Waals surface area (Å²) in [6, 6.07) is 1.06. The molecule has 0 aliphatic carbocycles. The molecule has 0 aliphatic heterocycles. The van der Waals surface area contributed by atoms with Crippen molar-refractivity contribution in [2.24, 2.45) is 0 Å². The maximum atomic E-state index is 12.4. The molecule has 0 unspecified atom stereocenters. The molecule has 14 heavy (non-hydrogen) atoms. The fraction of sp³-hybridized carbons (Fsp3) is 0.143. The zero-order chi connectivity index (χ0) is 10.9. The Morgan fingerprint density at radius 2 is 2.21 bits per heavy atom. The summed E-state index contributed by atoms with van der Waals surface area (Å²) in [6.45, 7) is 0. The van der Waals surface area contributed by atoms with E-state index in [1.165, 1.54) is 0 Å². The van der Waals surface area contributed by atoms with E-state index in [0.29, 0.717) is 0 Å². The first kappa shape index (κ1) is 11.3. The third-order valence-corrected chi connectivity index (χ3v) is 2.29. The SMILES string of the molecule is Nc1cc(C(=O)Cl)c(C(F)F)nc1Br. The number of hydrogen-bond donors (Lipinski definition) is 1. The van der Waals surface area contributed by atoms with Gasteiger partial charge in [0.2, 0.25) is 0 Å². The van der Waals surface area contributed by atoms with Crippen LogP contribution >= 0.6 is 27.5 Å². The summed E-state index contributed by atoms with van der Waals surface area (Å²) in [7, 11) is 0. The van der Waals surface area contributed by atoms with Gasteiger partial charge in [0.25, 0.3) is 11.7 Å². The molecule has 1 aromatic rings. The molecule has 76 valence electrons. The maximum absolute atomic E-state index is 12.4. The molecule has 0 spiro atoms.